The molecule has 1 saturated carbocycles. The topological polar surface area (TPSA) is 26.0 Å². The molecule has 1 aromatic rings. The van der Waals surface area contributed by atoms with Crippen molar-refractivity contribution >= 4 is 0 Å². The lowest BCUT2D eigenvalue weighted by atomic mass is 9.76. The summed E-state index contributed by atoms with van der Waals surface area (Å²) in [4.78, 5) is 0. The van der Waals surface area contributed by atoms with Crippen molar-refractivity contribution in [3.05, 3.63) is 35.9 Å². The average molecular weight is 147 g/mol. The summed E-state index contributed by atoms with van der Waals surface area (Å²) in [6, 6.07) is 11.0. The van der Waals surface area contributed by atoms with Crippen LogP contribution in [0.3, 0.4) is 0 Å². The number of hydrogen-bond acceptors (Lipinski definition) is 1. The third-order valence-electron chi connectivity index (χ3n) is 2.56. The molecule has 1 nitrogen and oxygen atoms in total. The van der Waals surface area contributed by atoms with Crippen LogP contribution in [0.5, 0.6) is 0 Å². The van der Waals surface area contributed by atoms with Crippen LogP contribution in [0.2, 0.25) is 0 Å². The number of benzene rings is 1. The standard InChI is InChI=1S/C10H13N/c11-10-7-6-9(10)8-4-2-1-3-5-8/h1-5,9-10H,6-7,11H2/t9-,10-/m1/s1. The van der Waals surface area contributed by atoms with E-state index in [1.54, 1.807) is 0 Å². The number of hydrogen-bond donors (Lipinski definition) is 1. The Bertz CT molecular complexity index is 230. The van der Waals surface area contributed by atoms with E-state index in [-0.39, 0.29) is 0 Å². The van der Waals surface area contributed by atoms with E-state index in [2.05, 4.69) is 24.3 Å². The fourth-order valence-corrected chi connectivity index (χ4v) is 1.64. The van der Waals surface area contributed by atoms with Crippen LogP contribution >= 0.6 is 0 Å². The fraction of sp³-hybridized carbons (Fsp3) is 0.400. The largest absolute Gasteiger partial charge is 0.327 e. The van der Waals surface area contributed by atoms with Crippen LogP contribution in [0.1, 0.15) is 24.3 Å². The lowest BCUT2D eigenvalue weighted by Gasteiger charge is -2.33. The van der Waals surface area contributed by atoms with Crippen molar-refractivity contribution in [1.82, 2.24) is 0 Å². The van der Waals surface area contributed by atoms with E-state index in [9.17, 15) is 0 Å². The molecule has 2 N–H and O–H groups in total. The van der Waals surface area contributed by atoms with Crippen molar-refractivity contribution in [2.45, 2.75) is 24.8 Å². The van der Waals surface area contributed by atoms with Crippen molar-refractivity contribution in [2.24, 2.45) is 5.73 Å². The quantitative estimate of drug-likeness (QED) is 0.645. The van der Waals surface area contributed by atoms with Gasteiger partial charge in [-0.05, 0) is 24.3 Å². The summed E-state index contributed by atoms with van der Waals surface area (Å²) in [5, 5.41) is 0. The Morgan fingerprint density at radius 3 is 2.27 bits per heavy atom. The molecule has 2 atom stereocenters. The zero-order valence-corrected chi connectivity index (χ0v) is 6.53. The minimum Gasteiger partial charge on any atom is -0.327 e. The molecule has 0 unspecified atom stereocenters. The first-order valence-corrected chi connectivity index (χ1v) is 4.18. The Labute approximate surface area is 67.2 Å². The first kappa shape index (κ1) is 6.86. The van der Waals surface area contributed by atoms with Crippen LogP contribution in [0.15, 0.2) is 30.3 Å². The summed E-state index contributed by atoms with van der Waals surface area (Å²) in [6.45, 7) is 0. The van der Waals surface area contributed by atoms with Crippen molar-refractivity contribution in [1.29, 1.82) is 0 Å². The zero-order chi connectivity index (χ0) is 7.68. The molecular formula is C10H13N. The monoisotopic (exact) mass is 147 g/mol. The van der Waals surface area contributed by atoms with E-state index in [1.807, 2.05) is 6.07 Å². The van der Waals surface area contributed by atoms with Crippen molar-refractivity contribution < 1.29 is 0 Å². The van der Waals surface area contributed by atoms with Gasteiger partial charge in [0.15, 0.2) is 0 Å². The predicted molar refractivity (Wildman–Crippen MR) is 46.4 cm³/mol. The van der Waals surface area contributed by atoms with E-state index in [0.29, 0.717) is 12.0 Å². The van der Waals surface area contributed by atoms with Gasteiger partial charge in [-0.1, -0.05) is 30.3 Å². The van der Waals surface area contributed by atoms with Gasteiger partial charge in [0.05, 0.1) is 0 Å². The molecule has 1 fully saturated rings. The molecule has 58 valence electrons. The van der Waals surface area contributed by atoms with Crippen molar-refractivity contribution in [2.75, 3.05) is 0 Å². The fourth-order valence-electron chi connectivity index (χ4n) is 1.64. The summed E-state index contributed by atoms with van der Waals surface area (Å²) in [7, 11) is 0. The molecule has 0 heterocycles. The maximum atomic E-state index is 5.85. The maximum absolute atomic E-state index is 5.85. The minimum absolute atomic E-state index is 0.414. The lowest BCUT2D eigenvalue weighted by molar-refractivity contribution is 0.347. The molecule has 0 aliphatic heterocycles. The van der Waals surface area contributed by atoms with Gasteiger partial charge in [0.25, 0.3) is 0 Å². The van der Waals surface area contributed by atoms with Crippen LogP contribution in [-0.2, 0) is 0 Å². The first-order valence-electron chi connectivity index (χ1n) is 4.18. The average Bonchev–Trinajstić information content (AvgIpc) is 2.04. The Morgan fingerprint density at radius 2 is 1.82 bits per heavy atom. The molecule has 1 aliphatic rings. The molecule has 0 radical (unpaired) electrons. The summed E-state index contributed by atoms with van der Waals surface area (Å²) in [5.41, 5.74) is 7.26. The maximum Gasteiger partial charge on any atom is 0.0108 e. The smallest absolute Gasteiger partial charge is 0.0108 e. The van der Waals surface area contributed by atoms with Crippen LogP contribution in [0.4, 0.5) is 0 Å². The van der Waals surface area contributed by atoms with Crippen molar-refractivity contribution in [3.8, 4) is 0 Å². The number of nitrogens with two attached hydrogens (primary N) is 1. The molecule has 1 aliphatic carbocycles. The molecule has 1 heteroatoms. The molecule has 11 heavy (non-hydrogen) atoms. The summed E-state index contributed by atoms with van der Waals surface area (Å²) < 4.78 is 0. The van der Waals surface area contributed by atoms with Gasteiger partial charge in [-0.3, -0.25) is 0 Å². The first-order chi connectivity index (χ1) is 5.38. The highest BCUT2D eigenvalue weighted by atomic mass is 14.7. The highest BCUT2D eigenvalue weighted by Gasteiger charge is 2.28. The second-order valence-corrected chi connectivity index (χ2v) is 3.26. The van der Waals surface area contributed by atoms with Gasteiger partial charge in [0.1, 0.15) is 0 Å². The summed E-state index contributed by atoms with van der Waals surface area (Å²) >= 11 is 0. The molecule has 1 aromatic carbocycles. The van der Waals surface area contributed by atoms with E-state index in [1.165, 1.54) is 18.4 Å². The molecule has 0 saturated heterocycles. The van der Waals surface area contributed by atoms with Gasteiger partial charge in [-0.15, -0.1) is 0 Å². The van der Waals surface area contributed by atoms with Crippen molar-refractivity contribution in [3.63, 3.8) is 0 Å². The Morgan fingerprint density at radius 1 is 1.09 bits per heavy atom. The third kappa shape index (κ3) is 1.16. The Balaban J connectivity index is 2.17. The van der Waals surface area contributed by atoms with Crippen LogP contribution in [0, 0.1) is 0 Å². The van der Waals surface area contributed by atoms with Crippen LogP contribution < -0.4 is 5.73 Å². The molecule has 0 bridgehead atoms. The highest BCUT2D eigenvalue weighted by molar-refractivity contribution is 5.23. The van der Waals surface area contributed by atoms with Crippen LogP contribution in [0.25, 0.3) is 0 Å². The van der Waals surface area contributed by atoms with Gasteiger partial charge in [-0.25, -0.2) is 0 Å². The molecule has 0 amide bonds. The minimum atomic E-state index is 0.414. The van der Waals surface area contributed by atoms with Gasteiger partial charge in [0.2, 0.25) is 0 Å². The van der Waals surface area contributed by atoms with Gasteiger partial charge >= 0.3 is 0 Å². The van der Waals surface area contributed by atoms with Crippen LogP contribution in [-0.4, -0.2) is 6.04 Å². The zero-order valence-electron chi connectivity index (χ0n) is 6.53. The van der Waals surface area contributed by atoms with E-state index in [0.717, 1.165) is 0 Å². The van der Waals surface area contributed by atoms with E-state index in [4.69, 9.17) is 5.73 Å². The SMILES string of the molecule is N[C@@H]1CC[C@@H]1c1ccccc1. The molecule has 2 rings (SSSR count). The van der Waals surface area contributed by atoms with E-state index < -0.39 is 0 Å². The second kappa shape index (κ2) is 2.67. The lowest BCUT2D eigenvalue weighted by Crippen LogP contribution is -2.37. The second-order valence-electron chi connectivity index (χ2n) is 3.26. The van der Waals surface area contributed by atoms with Gasteiger partial charge in [0, 0.05) is 6.04 Å². The van der Waals surface area contributed by atoms with E-state index >= 15 is 0 Å². The number of rotatable bonds is 1. The Kier molecular flexibility index (Phi) is 1.66. The normalized spacial score (nSPS) is 29.5. The third-order valence-corrected chi connectivity index (χ3v) is 2.56. The molecular weight excluding hydrogens is 134 g/mol. The summed E-state index contributed by atoms with van der Waals surface area (Å²) in [5.74, 6) is 0.635. The Hall–Kier alpha value is -0.820. The molecule has 0 spiro atoms. The predicted octanol–water partition coefficient (Wildman–Crippen LogP) is 1.89. The van der Waals surface area contributed by atoms with Gasteiger partial charge < -0.3 is 5.73 Å². The van der Waals surface area contributed by atoms with Gasteiger partial charge in [-0.2, -0.15) is 0 Å². The molecule has 0 aromatic heterocycles. The summed E-state index contributed by atoms with van der Waals surface area (Å²) in [6.07, 6.45) is 2.46. The highest BCUT2D eigenvalue weighted by Crippen LogP contribution is 2.34.